The van der Waals surface area contributed by atoms with E-state index >= 15 is 0 Å². The minimum atomic E-state index is -0.395. The SMILES string of the molecule is O=C(c1cccc(F)c1)C1COc2ccccc21. The fourth-order valence-electron chi connectivity index (χ4n) is 2.22. The molecule has 0 amide bonds. The lowest BCUT2D eigenvalue weighted by Crippen LogP contribution is -2.14. The van der Waals surface area contributed by atoms with Gasteiger partial charge in [-0.25, -0.2) is 4.39 Å². The monoisotopic (exact) mass is 242 g/mol. The van der Waals surface area contributed by atoms with Crippen LogP contribution in [-0.2, 0) is 0 Å². The Morgan fingerprint density at radius 2 is 2.00 bits per heavy atom. The normalized spacial score (nSPS) is 17.1. The number of fused-ring (bicyclic) bond motifs is 1. The van der Waals surface area contributed by atoms with E-state index in [4.69, 9.17) is 4.74 Å². The van der Waals surface area contributed by atoms with Gasteiger partial charge in [0.2, 0.25) is 0 Å². The first-order valence-corrected chi connectivity index (χ1v) is 5.77. The largest absolute Gasteiger partial charge is 0.492 e. The number of hydrogen-bond donors (Lipinski definition) is 0. The third kappa shape index (κ3) is 1.78. The van der Waals surface area contributed by atoms with E-state index < -0.39 is 5.82 Å². The Morgan fingerprint density at radius 3 is 2.83 bits per heavy atom. The smallest absolute Gasteiger partial charge is 0.173 e. The van der Waals surface area contributed by atoms with Crippen LogP contribution in [0.25, 0.3) is 0 Å². The summed E-state index contributed by atoms with van der Waals surface area (Å²) in [5, 5.41) is 0. The quantitative estimate of drug-likeness (QED) is 0.756. The van der Waals surface area contributed by atoms with E-state index in [9.17, 15) is 9.18 Å². The molecule has 90 valence electrons. The molecular formula is C15H11FO2. The fraction of sp³-hybridized carbons (Fsp3) is 0.133. The van der Waals surface area contributed by atoms with Crippen molar-refractivity contribution in [3.8, 4) is 5.75 Å². The molecule has 18 heavy (non-hydrogen) atoms. The summed E-state index contributed by atoms with van der Waals surface area (Å²) in [4.78, 5) is 12.3. The Kier molecular flexibility index (Phi) is 2.59. The molecule has 0 fully saturated rings. The molecule has 3 heteroatoms. The van der Waals surface area contributed by atoms with Gasteiger partial charge in [0.05, 0.1) is 5.92 Å². The molecule has 0 bridgehead atoms. The van der Waals surface area contributed by atoms with Gasteiger partial charge >= 0.3 is 0 Å². The standard InChI is InChI=1S/C15H11FO2/c16-11-5-3-4-10(8-11)15(17)13-9-18-14-7-2-1-6-12(13)14/h1-8,13H,9H2. The van der Waals surface area contributed by atoms with E-state index in [0.29, 0.717) is 12.2 Å². The second-order valence-electron chi connectivity index (χ2n) is 4.28. The fourth-order valence-corrected chi connectivity index (χ4v) is 2.22. The first-order valence-electron chi connectivity index (χ1n) is 5.77. The van der Waals surface area contributed by atoms with Gasteiger partial charge in [-0.1, -0.05) is 30.3 Å². The van der Waals surface area contributed by atoms with Crippen LogP contribution in [0.5, 0.6) is 5.75 Å². The van der Waals surface area contributed by atoms with Crippen molar-refractivity contribution in [1.82, 2.24) is 0 Å². The van der Waals surface area contributed by atoms with E-state index in [1.54, 1.807) is 12.1 Å². The number of para-hydroxylation sites is 1. The van der Waals surface area contributed by atoms with Crippen molar-refractivity contribution in [3.05, 3.63) is 65.5 Å². The van der Waals surface area contributed by atoms with Crippen LogP contribution >= 0.6 is 0 Å². The number of halogens is 1. The molecule has 2 nitrogen and oxygen atoms in total. The number of hydrogen-bond acceptors (Lipinski definition) is 2. The van der Waals surface area contributed by atoms with E-state index in [1.807, 2.05) is 24.3 Å². The van der Waals surface area contributed by atoms with E-state index in [1.165, 1.54) is 12.1 Å². The average molecular weight is 242 g/mol. The van der Waals surface area contributed by atoms with Crippen LogP contribution < -0.4 is 4.74 Å². The van der Waals surface area contributed by atoms with Crippen LogP contribution in [0, 0.1) is 5.82 Å². The number of Topliss-reactive ketones (excluding diaryl/α,β-unsaturated/α-hetero) is 1. The van der Waals surface area contributed by atoms with Crippen LogP contribution in [0.1, 0.15) is 21.8 Å². The van der Waals surface area contributed by atoms with Crippen molar-refractivity contribution in [2.45, 2.75) is 5.92 Å². The summed E-state index contributed by atoms with van der Waals surface area (Å²) in [7, 11) is 0. The maximum Gasteiger partial charge on any atom is 0.173 e. The highest BCUT2D eigenvalue weighted by atomic mass is 19.1. The number of ether oxygens (including phenoxy) is 1. The molecule has 0 N–H and O–H groups in total. The number of benzene rings is 2. The van der Waals surface area contributed by atoms with E-state index in [-0.39, 0.29) is 11.7 Å². The van der Waals surface area contributed by atoms with Crippen molar-refractivity contribution >= 4 is 5.78 Å². The zero-order valence-corrected chi connectivity index (χ0v) is 9.60. The Morgan fingerprint density at radius 1 is 1.17 bits per heavy atom. The maximum absolute atomic E-state index is 13.1. The molecule has 0 spiro atoms. The first-order chi connectivity index (χ1) is 8.75. The van der Waals surface area contributed by atoms with E-state index in [2.05, 4.69) is 0 Å². The van der Waals surface area contributed by atoms with Crippen molar-refractivity contribution in [2.24, 2.45) is 0 Å². The highest BCUT2D eigenvalue weighted by Gasteiger charge is 2.30. The minimum absolute atomic E-state index is 0.0977. The molecule has 1 unspecified atom stereocenters. The summed E-state index contributed by atoms with van der Waals surface area (Å²) in [5.74, 6) is -0.0808. The predicted octanol–water partition coefficient (Wildman–Crippen LogP) is 3.18. The predicted molar refractivity (Wildman–Crippen MR) is 65.4 cm³/mol. The van der Waals surface area contributed by atoms with Gasteiger partial charge in [0.15, 0.2) is 5.78 Å². The zero-order chi connectivity index (χ0) is 12.5. The Labute approximate surface area is 104 Å². The molecule has 2 aromatic carbocycles. The minimum Gasteiger partial charge on any atom is -0.492 e. The Hall–Kier alpha value is -2.16. The highest BCUT2D eigenvalue weighted by Crippen LogP contribution is 2.35. The van der Waals surface area contributed by atoms with Crippen LogP contribution in [0.4, 0.5) is 4.39 Å². The average Bonchev–Trinajstić information content (AvgIpc) is 2.82. The molecular weight excluding hydrogens is 231 g/mol. The van der Waals surface area contributed by atoms with Crippen LogP contribution in [0.3, 0.4) is 0 Å². The maximum atomic E-state index is 13.1. The van der Waals surface area contributed by atoms with Gasteiger partial charge in [-0.3, -0.25) is 4.79 Å². The second-order valence-corrected chi connectivity index (χ2v) is 4.28. The molecule has 1 heterocycles. The van der Waals surface area contributed by atoms with Gasteiger partial charge in [-0.15, -0.1) is 0 Å². The van der Waals surface area contributed by atoms with Crippen molar-refractivity contribution < 1.29 is 13.9 Å². The Balaban J connectivity index is 1.96. The summed E-state index contributed by atoms with van der Waals surface area (Å²) < 4.78 is 18.6. The zero-order valence-electron chi connectivity index (χ0n) is 9.60. The Bertz CT molecular complexity index is 607. The lowest BCUT2D eigenvalue weighted by molar-refractivity contribution is 0.0947. The highest BCUT2D eigenvalue weighted by molar-refractivity contribution is 6.01. The van der Waals surface area contributed by atoms with Crippen molar-refractivity contribution in [3.63, 3.8) is 0 Å². The molecule has 0 saturated carbocycles. The molecule has 0 radical (unpaired) electrons. The molecule has 1 aliphatic rings. The van der Waals surface area contributed by atoms with Crippen LogP contribution in [-0.4, -0.2) is 12.4 Å². The van der Waals surface area contributed by atoms with E-state index in [0.717, 1.165) is 11.3 Å². The van der Waals surface area contributed by atoms with Crippen LogP contribution in [0.15, 0.2) is 48.5 Å². The van der Waals surface area contributed by atoms with Crippen molar-refractivity contribution in [2.75, 3.05) is 6.61 Å². The molecule has 1 atom stereocenters. The second kappa shape index (κ2) is 4.26. The lowest BCUT2D eigenvalue weighted by atomic mass is 9.92. The van der Waals surface area contributed by atoms with Crippen LogP contribution in [0.2, 0.25) is 0 Å². The molecule has 2 aromatic rings. The summed E-state index contributed by atoms with van der Waals surface area (Å²) >= 11 is 0. The van der Waals surface area contributed by atoms with Gasteiger partial charge in [0.1, 0.15) is 18.2 Å². The number of carbonyl (C=O) groups excluding carboxylic acids is 1. The number of ketones is 1. The summed E-state index contributed by atoms with van der Waals surface area (Å²) in [6.07, 6.45) is 0. The van der Waals surface area contributed by atoms with Gasteiger partial charge in [-0.05, 0) is 18.2 Å². The summed E-state index contributed by atoms with van der Waals surface area (Å²) in [6.45, 7) is 0.328. The van der Waals surface area contributed by atoms with Gasteiger partial charge in [0, 0.05) is 11.1 Å². The summed E-state index contributed by atoms with van der Waals surface area (Å²) in [5.41, 5.74) is 1.27. The molecule has 1 aliphatic heterocycles. The number of carbonyl (C=O) groups is 1. The van der Waals surface area contributed by atoms with Gasteiger partial charge < -0.3 is 4.74 Å². The van der Waals surface area contributed by atoms with Gasteiger partial charge in [0.25, 0.3) is 0 Å². The van der Waals surface area contributed by atoms with Crippen molar-refractivity contribution in [1.29, 1.82) is 0 Å². The molecule has 3 rings (SSSR count). The third-order valence-corrected chi connectivity index (χ3v) is 3.13. The first kappa shape index (κ1) is 11.0. The molecule has 0 saturated heterocycles. The lowest BCUT2D eigenvalue weighted by Gasteiger charge is -2.07. The summed E-state index contributed by atoms with van der Waals surface area (Å²) in [6, 6.07) is 13.2. The topological polar surface area (TPSA) is 26.3 Å². The van der Waals surface area contributed by atoms with Gasteiger partial charge in [-0.2, -0.15) is 0 Å². The number of rotatable bonds is 2. The molecule has 0 aromatic heterocycles. The molecule has 0 aliphatic carbocycles. The third-order valence-electron chi connectivity index (χ3n) is 3.13.